The maximum Gasteiger partial charge on any atom is -0.00266 e. The molecule has 25 heavy (non-hydrogen) atoms. The van der Waals surface area contributed by atoms with Crippen LogP contribution in [0.4, 0.5) is 0 Å². The van der Waals surface area contributed by atoms with Crippen molar-refractivity contribution in [2.45, 2.75) is 6.92 Å². The van der Waals surface area contributed by atoms with Gasteiger partial charge in [-0.2, -0.15) is 0 Å². The number of aryl methyl sites for hydroxylation is 1. The van der Waals surface area contributed by atoms with Crippen LogP contribution in [0, 0.1) is 6.92 Å². The molecule has 0 atom stereocenters. The van der Waals surface area contributed by atoms with Gasteiger partial charge in [0, 0.05) is 0 Å². The Morgan fingerprint density at radius 3 is 1.96 bits per heavy atom. The van der Waals surface area contributed by atoms with Crippen molar-refractivity contribution in [2.24, 2.45) is 0 Å². The summed E-state index contributed by atoms with van der Waals surface area (Å²) in [6, 6.07) is 33.1. The molecule has 118 valence electrons. The number of hydrogen-bond donors (Lipinski definition) is 0. The van der Waals surface area contributed by atoms with Gasteiger partial charge in [-0.15, -0.1) is 0 Å². The predicted octanol–water partition coefficient (Wildman–Crippen LogP) is 7.12. The van der Waals surface area contributed by atoms with Crippen LogP contribution in [0.5, 0.6) is 0 Å². The quantitative estimate of drug-likeness (QED) is 0.228. The van der Waals surface area contributed by atoms with Gasteiger partial charge in [0.25, 0.3) is 0 Å². The van der Waals surface area contributed by atoms with E-state index in [0.717, 1.165) is 0 Å². The van der Waals surface area contributed by atoms with Crippen LogP contribution in [-0.4, -0.2) is 0 Å². The maximum atomic E-state index is 2.34. The second-order valence-corrected chi connectivity index (χ2v) is 6.72. The molecule has 0 N–H and O–H groups in total. The zero-order chi connectivity index (χ0) is 16.8. The third-order valence-corrected chi connectivity index (χ3v) is 5.11. The molecular formula is C25H18. The van der Waals surface area contributed by atoms with E-state index in [0.29, 0.717) is 0 Å². The molecule has 0 heteroatoms. The monoisotopic (exact) mass is 318 g/mol. The fourth-order valence-electron chi connectivity index (χ4n) is 3.85. The van der Waals surface area contributed by atoms with Gasteiger partial charge in [-0.05, 0) is 56.4 Å². The molecule has 0 nitrogen and oxygen atoms in total. The van der Waals surface area contributed by atoms with Crippen LogP contribution in [0.3, 0.4) is 0 Å². The standard InChI is InChI=1S/C25H18/c1-17-10-12-19(13-11-17)25-22-9-5-3-7-20(22)16-24-21-8-4-2-6-18(21)14-15-23(24)25/h2-16H,1H3. The number of rotatable bonds is 1. The van der Waals surface area contributed by atoms with Crippen molar-refractivity contribution >= 4 is 32.3 Å². The summed E-state index contributed by atoms with van der Waals surface area (Å²) in [6.45, 7) is 2.14. The molecule has 5 aromatic rings. The summed E-state index contributed by atoms with van der Waals surface area (Å²) in [5, 5.41) is 7.86. The van der Waals surface area contributed by atoms with Gasteiger partial charge in [-0.3, -0.25) is 0 Å². The van der Waals surface area contributed by atoms with E-state index in [9.17, 15) is 0 Å². The van der Waals surface area contributed by atoms with Crippen LogP contribution in [0.2, 0.25) is 0 Å². The van der Waals surface area contributed by atoms with Crippen molar-refractivity contribution in [3.63, 3.8) is 0 Å². The van der Waals surface area contributed by atoms with Gasteiger partial charge in [0.15, 0.2) is 0 Å². The molecule has 0 saturated carbocycles. The average molecular weight is 318 g/mol. The summed E-state index contributed by atoms with van der Waals surface area (Å²) in [5.41, 5.74) is 3.90. The van der Waals surface area contributed by atoms with Crippen molar-refractivity contribution in [1.82, 2.24) is 0 Å². The second-order valence-electron chi connectivity index (χ2n) is 6.72. The lowest BCUT2D eigenvalue weighted by Crippen LogP contribution is -1.87. The van der Waals surface area contributed by atoms with Gasteiger partial charge < -0.3 is 0 Å². The minimum absolute atomic E-state index is 1.28. The van der Waals surface area contributed by atoms with Crippen molar-refractivity contribution < 1.29 is 0 Å². The number of fused-ring (bicyclic) bond motifs is 4. The van der Waals surface area contributed by atoms with E-state index in [2.05, 4.69) is 97.9 Å². The highest BCUT2D eigenvalue weighted by Crippen LogP contribution is 2.39. The van der Waals surface area contributed by atoms with Crippen LogP contribution in [0.1, 0.15) is 5.56 Å². The van der Waals surface area contributed by atoms with Gasteiger partial charge >= 0.3 is 0 Å². The Morgan fingerprint density at radius 1 is 0.480 bits per heavy atom. The Kier molecular flexibility index (Phi) is 3.11. The van der Waals surface area contributed by atoms with Crippen molar-refractivity contribution in [2.75, 3.05) is 0 Å². The lowest BCUT2D eigenvalue weighted by molar-refractivity contribution is 1.48. The normalized spacial score (nSPS) is 11.4. The minimum atomic E-state index is 1.28. The van der Waals surface area contributed by atoms with E-state index in [1.54, 1.807) is 0 Å². The second kappa shape index (κ2) is 5.46. The molecule has 5 aromatic carbocycles. The summed E-state index contributed by atoms with van der Waals surface area (Å²) in [5.74, 6) is 0. The predicted molar refractivity (Wildman–Crippen MR) is 109 cm³/mol. The highest BCUT2D eigenvalue weighted by molar-refractivity contribution is 6.19. The van der Waals surface area contributed by atoms with Crippen LogP contribution in [0.15, 0.2) is 91.0 Å². The van der Waals surface area contributed by atoms with Crippen molar-refractivity contribution in [3.05, 3.63) is 96.6 Å². The number of hydrogen-bond acceptors (Lipinski definition) is 0. The summed E-state index contributed by atoms with van der Waals surface area (Å²) < 4.78 is 0. The topological polar surface area (TPSA) is 0 Å². The fraction of sp³-hybridized carbons (Fsp3) is 0.0400. The van der Waals surface area contributed by atoms with Gasteiger partial charge in [0.1, 0.15) is 0 Å². The Morgan fingerprint density at radius 2 is 1.16 bits per heavy atom. The molecule has 0 fully saturated rings. The SMILES string of the molecule is Cc1ccc(-c2c3ccccc3cc3c2ccc2ccccc23)cc1. The highest BCUT2D eigenvalue weighted by atomic mass is 14.1. The lowest BCUT2D eigenvalue weighted by atomic mass is 9.89. The zero-order valence-corrected chi connectivity index (χ0v) is 14.2. The molecule has 0 radical (unpaired) electrons. The summed E-state index contributed by atoms with van der Waals surface area (Å²) in [4.78, 5) is 0. The van der Waals surface area contributed by atoms with E-state index in [-0.39, 0.29) is 0 Å². The largest absolute Gasteiger partial charge is 0.0616 e. The third kappa shape index (κ3) is 2.22. The van der Waals surface area contributed by atoms with Crippen molar-refractivity contribution in [1.29, 1.82) is 0 Å². The van der Waals surface area contributed by atoms with Crippen LogP contribution in [0.25, 0.3) is 43.4 Å². The molecule has 0 aromatic heterocycles. The molecule has 0 aliphatic rings. The van der Waals surface area contributed by atoms with Gasteiger partial charge in [-0.25, -0.2) is 0 Å². The molecule has 0 aliphatic heterocycles. The highest BCUT2D eigenvalue weighted by Gasteiger charge is 2.11. The van der Waals surface area contributed by atoms with E-state index in [1.165, 1.54) is 49.0 Å². The Hall–Kier alpha value is -3.12. The molecule has 0 aliphatic carbocycles. The molecule has 0 spiro atoms. The molecule has 0 unspecified atom stereocenters. The molecule has 0 heterocycles. The summed E-state index contributed by atoms with van der Waals surface area (Å²) in [7, 11) is 0. The van der Waals surface area contributed by atoms with Crippen LogP contribution < -0.4 is 0 Å². The smallest absolute Gasteiger partial charge is 0.00266 e. The van der Waals surface area contributed by atoms with E-state index in [1.807, 2.05) is 0 Å². The van der Waals surface area contributed by atoms with Gasteiger partial charge in [0.2, 0.25) is 0 Å². The van der Waals surface area contributed by atoms with Gasteiger partial charge in [0.05, 0.1) is 0 Å². The number of benzene rings is 5. The molecule has 5 rings (SSSR count). The van der Waals surface area contributed by atoms with Crippen LogP contribution >= 0.6 is 0 Å². The van der Waals surface area contributed by atoms with Crippen molar-refractivity contribution in [3.8, 4) is 11.1 Å². The first-order chi connectivity index (χ1) is 12.3. The fourth-order valence-corrected chi connectivity index (χ4v) is 3.85. The Bertz CT molecular complexity index is 1230. The first-order valence-electron chi connectivity index (χ1n) is 8.71. The average Bonchev–Trinajstić information content (AvgIpc) is 2.67. The van der Waals surface area contributed by atoms with E-state index >= 15 is 0 Å². The van der Waals surface area contributed by atoms with E-state index in [4.69, 9.17) is 0 Å². The first-order valence-corrected chi connectivity index (χ1v) is 8.71. The van der Waals surface area contributed by atoms with E-state index < -0.39 is 0 Å². The maximum absolute atomic E-state index is 2.34. The third-order valence-electron chi connectivity index (χ3n) is 5.11. The minimum Gasteiger partial charge on any atom is -0.0616 e. The Balaban J connectivity index is 2.01. The lowest BCUT2D eigenvalue weighted by Gasteiger charge is -2.14. The molecule has 0 saturated heterocycles. The van der Waals surface area contributed by atoms with Gasteiger partial charge in [-0.1, -0.05) is 90.5 Å². The Labute approximate surface area is 147 Å². The molecular weight excluding hydrogens is 300 g/mol. The molecule has 0 bridgehead atoms. The first kappa shape index (κ1) is 14.2. The summed E-state index contributed by atoms with van der Waals surface area (Å²) in [6.07, 6.45) is 0. The van der Waals surface area contributed by atoms with Crippen LogP contribution in [-0.2, 0) is 0 Å². The summed E-state index contributed by atoms with van der Waals surface area (Å²) >= 11 is 0. The molecule has 0 amide bonds. The zero-order valence-electron chi connectivity index (χ0n) is 14.2.